The van der Waals surface area contributed by atoms with Gasteiger partial charge in [-0.25, -0.2) is 4.98 Å². The van der Waals surface area contributed by atoms with Crippen molar-refractivity contribution >= 4 is 0 Å². The van der Waals surface area contributed by atoms with Gasteiger partial charge in [0.05, 0.1) is 24.8 Å². The molecule has 1 aromatic heterocycles. The number of hydrogen-bond donors (Lipinski definition) is 6. The van der Waals surface area contributed by atoms with Gasteiger partial charge in [0.15, 0.2) is 0 Å². The molecular formula is C8H14N2O5. The normalized spacial score (nSPS) is 19.5. The minimum Gasteiger partial charge on any atom is -0.394 e. The standard InChI is InChI=1S/C8H14N2O5/c11-2-5(12)7(14)8(15)6(13)4-1-9-3-10-4/h1,3,5-8,11-15H,2H2,(H,9,10)/t5-,6+,7-,8+/m1/s1. The Labute approximate surface area is 85.7 Å². The molecule has 0 unspecified atom stereocenters. The second-order valence-electron chi connectivity index (χ2n) is 3.18. The maximum Gasteiger partial charge on any atom is 0.124 e. The lowest BCUT2D eigenvalue weighted by Crippen LogP contribution is -2.42. The van der Waals surface area contributed by atoms with Crippen LogP contribution in [0.15, 0.2) is 12.5 Å². The van der Waals surface area contributed by atoms with Crippen LogP contribution in [0.3, 0.4) is 0 Å². The molecule has 6 N–H and O–H groups in total. The summed E-state index contributed by atoms with van der Waals surface area (Å²) in [5, 5.41) is 45.9. The van der Waals surface area contributed by atoms with E-state index in [1.165, 1.54) is 12.5 Å². The second kappa shape index (κ2) is 5.19. The van der Waals surface area contributed by atoms with Crippen molar-refractivity contribution in [1.82, 2.24) is 9.97 Å². The maximum atomic E-state index is 9.52. The summed E-state index contributed by atoms with van der Waals surface area (Å²) in [7, 11) is 0. The Bertz CT molecular complexity index is 279. The van der Waals surface area contributed by atoms with Crippen LogP contribution in [0, 0.1) is 0 Å². The third-order valence-corrected chi connectivity index (χ3v) is 2.09. The van der Waals surface area contributed by atoms with Gasteiger partial charge in [-0.3, -0.25) is 0 Å². The Morgan fingerprint density at radius 1 is 1.20 bits per heavy atom. The monoisotopic (exact) mass is 218 g/mol. The zero-order chi connectivity index (χ0) is 11.4. The molecule has 1 rings (SSSR count). The Kier molecular flexibility index (Phi) is 4.18. The predicted molar refractivity (Wildman–Crippen MR) is 48.7 cm³/mol. The van der Waals surface area contributed by atoms with Gasteiger partial charge in [0.2, 0.25) is 0 Å². The van der Waals surface area contributed by atoms with Gasteiger partial charge in [0, 0.05) is 0 Å². The Morgan fingerprint density at radius 2 is 1.87 bits per heavy atom. The summed E-state index contributed by atoms with van der Waals surface area (Å²) in [6.07, 6.45) is -3.55. The van der Waals surface area contributed by atoms with E-state index in [2.05, 4.69) is 9.97 Å². The molecule has 0 aromatic carbocycles. The first-order valence-corrected chi connectivity index (χ1v) is 4.39. The van der Waals surface area contributed by atoms with Crippen LogP contribution in [-0.4, -0.2) is 60.4 Å². The second-order valence-corrected chi connectivity index (χ2v) is 3.18. The largest absolute Gasteiger partial charge is 0.394 e. The summed E-state index contributed by atoms with van der Waals surface area (Å²) >= 11 is 0. The number of hydrogen-bond acceptors (Lipinski definition) is 6. The van der Waals surface area contributed by atoms with Crippen LogP contribution < -0.4 is 0 Å². The van der Waals surface area contributed by atoms with E-state index in [9.17, 15) is 15.3 Å². The van der Waals surface area contributed by atoms with Crippen LogP contribution in [0.2, 0.25) is 0 Å². The summed E-state index contributed by atoms with van der Waals surface area (Å²) in [5.74, 6) is 0. The van der Waals surface area contributed by atoms with Crippen molar-refractivity contribution in [2.24, 2.45) is 0 Å². The number of aliphatic hydroxyl groups is 5. The molecule has 0 aliphatic rings. The highest BCUT2D eigenvalue weighted by Gasteiger charge is 2.31. The van der Waals surface area contributed by atoms with Crippen LogP contribution in [-0.2, 0) is 0 Å². The lowest BCUT2D eigenvalue weighted by molar-refractivity contribution is -0.117. The van der Waals surface area contributed by atoms with Crippen LogP contribution in [0.25, 0.3) is 0 Å². The molecule has 0 spiro atoms. The molecule has 0 fully saturated rings. The van der Waals surface area contributed by atoms with Crippen molar-refractivity contribution < 1.29 is 25.5 Å². The maximum absolute atomic E-state index is 9.52. The molecule has 15 heavy (non-hydrogen) atoms. The smallest absolute Gasteiger partial charge is 0.124 e. The SMILES string of the molecule is OC[C@@H](O)[C@@H](O)[C@@H](O)[C@@H](O)c1cnc[nH]1. The van der Waals surface area contributed by atoms with Gasteiger partial charge < -0.3 is 30.5 Å². The van der Waals surface area contributed by atoms with Crippen LogP contribution in [0.1, 0.15) is 11.8 Å². The summed E-state index contributed by atoms with van der Waals surface area (Å²) < 4.78 is 0. The van der Waals surface area contributed by atoms with Gasteiger partial charge in [-0.1, -0.05) is 0 Å². The van der Waals surface area contributed by atoms with Crippen LogP contribution in [0.5, 0.6) is 0 Å². The van der Waals surface area contributed by atoms with Gasteiger partial charge in [-0.05, 0) is 0 Å². The van der Waals surface area contributed by atoms with Gasteiger partial charge in [0.25, 0.3) is 0 Å². The van der Waals surface area contributed by atoms with E-state index in [0.29, 0.717) is 0 Å². The van der Waals surface area contributed by atoms with Gasteiger partial charge in [-0.2, -0.15) is 0 Å². The number of H-pyrrole nitrogens is 1. The Hall–Kier alpha value is -0.990. The first kappa shape index (κ1) is 12.1. The molecule has 86 valence electrons. The quantitative estimate of drug-likeness (QED) is 0.324. The fourth-order valence-corrected chi connectivity index (χ4v) is 1.13. The van der Waals surface area contributed by atoms with E-state index < -0.39 is 31.0 Å². The van der Waals surface area contributed by atoms with Crippen molar-refractivity contribution in [3.05, 3.63) is 18.2 Å². The fourth-order valence-electron chi connectivity index (χ4n) is 1.13. The molecule has 1 aromatic rings. The number of nitrogens with one attached hydrogen (secondary N) is 1. The Balaban J connectivity index is 2.64. The Morgan fingerprint density at radius 3 is 2.33 bits per heavy atom. The van der Waals surface area contributed by atoms with E-state index in [0.717, 1.165) is 0 Å². The van der Waals surface area contributed by atoms with Crippen molar-refractivity contribution in [2.45, 2.75) is 24.4 Å². The lowest BCUT2D eigenvalue weighted by Gasteiger charge is -2.24. The van der Waals surface area contributed by atoms with Crippen molar-refractivity contribution in [3.8, 4) is 0 Å². The number of nitrogens with zero attached hydrogens (tertiary/aromatic N) is 1. The molecular weight excluding hydrogens is 204 g/mol. The molecule has 0 radical (unpaired) electrons. The minimum atomic E-state index is -1.63. The molecule has 0 saturated heterocycles. The van der Waals surface area contributed by atoms with E-state index in [1.807, 2.05) is 0 Å². The lowest BCUT2D eigenvalue weighted by atomic mass is 10.0. The molecule has 0 amide bonds. The van der Waals surface area contributed by atoms with Crippen molar-refractivity contribution in [1.29, 1.82) is 0 Å². The van der Waals surface area contributed by atoms with Crippen molar-refractivity contribution in [3.63, 3.8) is 0 Å². The minimum absolute atomic E-state index is 0.215. The average Bonchev–Trinajstić information content (AvgIpc) is 2.78. The van der Waals surface area contributed by atoms with Gasteiger partial charge in [0.1, 0.15) is 24.4 Å². The molecule has 1 heterocycles. The number of aromatic nitrogens is 2. The van der Waals surface area contributed by atoms with Gasteiger partial charge in [-0.15, -0.1) is 0 Å². The van der Waals surface area contributed by atoms with Crippen LogP contribution >= 0.6 is 0 Å². The van der Waals surface area contributed by atoms with E-state index in [4.69, 9.17) is 10.2 Å². The number of imidazole rings is 1. The third-order valence-electron chi connectivity index (χ3n) is 2.09. The number of rotatable bonds is 5. The molecule has 7 nitrogen and oxygen atoms in total. The summed E-state index contributed by atoms with van der Waals surface area (Å²) in [6, 6.07) is 0. The highest BCUT2D eigenvalue weighted by molar-refractivity contribution is 5.03. The average molecular weight is 218 g/mol. The highest BCUT2D eigenvalue weighted by atomic mass is 16.4. The molecule has 0 saturated carbocycles. The molecule has 0 bridgehead atoms. The summed E-state index contributed by atoms with van der Waals surface area (Å²) in [4.78, 5) is 6.18. The molecule has 0 aliphatic heterocycles. The van der Waals surface area contributed by atoms with E-state index >= 15 is 0 Å². The van der Waals surface area contributed by atoms with Gasteiger partial charge >= 0.3 is 0 Å². The molecule has 0 aliphatic carbocycles. The highest BCUT2D eigenvalue weighted by Crippen LogP contribution is 2.17. The summed E-state index contributed by atoms with van der Waals surface area (Å²) in [6.45, 7) is -0.700. The first-order chi connectivity index (χ1) is 7.07. The van der Waals surface area contributed by atoms with Crippen molar-refractivity contribution in [2.75, 3.05) is 6.61 Å². The summed E-state index contributed by atoms with van der Waals surface area (Å²) in [5.41, 5.74) is 0.215. The number of aromatic amines is 1. The fraction of sp³-hybridized carbons (Fsp3) is 0.625. The predicted octanol–water partition coefficient (Wildman–Crippen LogP) is -2.48. The van der Waals surface area contributed by atoms with Crippen LogP contribution in [0.4, 0.5) is 0 Å². The van der Waals surface area contributed by atoms with E-state index in [1.54, 1.807) is 0 Å². The molecule has 4 atom stereocenters. The first-order valence-electron chi connectivity index (χ1n) is 4.39. The topological polar surface area (TPSA) is 130 Å². The van der Waals surface area contributed by atoms with E-state index in [-0.39, 0.29) is 5.69 Å². The zero-order valence-corrected chi connectivity index (χ0v) is 7.85. The number of aliphatic hydroxyl groups excluding tert-OH is 5. The molecule has 7 heteroatoms. The third kappa shape index (κ3) is 2.74. The zero-order valence-electron chi connectivity index (χ0n) is 7.85.